The van der Waals surface area contributed by atoms with Gasteiger partial charge in [0.2, 0.25) is 11.8 Å². The van der Waals surface area contributed by atoms with E-state index in [-0.39, 0.29) is 12.1 Å². The van der Waals surface area contributed by atoms with Crippen LogP contribution in [0.25, 0.3) is 0 Å². The van der Waals surface area contributed by atoms with Crippen molar-refractivity contribution in [2.24, 2.45) is 5.92 Å². The lowest BCUT2D eigenvalue weighted by Gasteiger charge is -2.12. The molecular formula is C18H25N5O2. The molecule has 2 aromatic rings. The first-order valence-electron chi connectivity index (χ1n) is 8.76. The van der Waals surface area contributed by atoms with Gasteiger partial charge in [-0.15, -0.1) is 10.2 Å². The molecule has 3 N–H and O–H groups in total. The van der Waals surface area contributed by atoms with Gasteiger partial charge in [0, 0.05) is 23.8 Å². The van der Waals surface area contributed by atoms with Gasteiger partial charge in [-0.3, -0.25) is 0 Å². The molecule has 0 radical (unpaired) electrons. The second kappa shape index (κ2) is 7.55. The summed E-state index contributed by atoms with van der Waals surface area (Å²) in [5.41, 5.74) is 1.68. The quantitative estimate of drug-likeness (QED) is 0.712. The molecule has 25 heavy (non-hydrogen) atoms. The smallest absolute Gasteiger partial charge is 0.319 e. The number of anilines is 2. The topological polar surface area (TPSA) is 92.1 Å². The lowest BCUT2D eigenvalue weighted by molar-refractivity contribution is 0.251. The standard InChI is InChI=1S/C18H25N5O2/c1-11(2)10-16-22-23-17(25-16)12(3)19-13-4-6-14(7-5-13)20-18(24)21-15-8-9-15/h4-7,11-12,15,19H,8-10H2,1-3H3,(H2,20,21,24). The normalized spacial score (nSPS) is 15.0. The van der Waals surface area contributed by atoms with Gasteiger partial charge < -0.3 is 20.4 Å². The van der Waals surface area contributed by atoms with Crippen LogP contribution in [0.2, 0.25) is 0 Å². The zero-order valence-electron chi connectivity index (χ0n) is 14.9. The Morgan fingerprint density at radius 3 is 2.48 bits per heavy atom. The second-order valence-electron chi connectivity index (χ2n) is 6.95. The zero-order valence-corrected chi connectivity index (χ0v) is 14.9. The molecule has 134 valence electrons. The van der Waals surface area contributed by atoms with Crippen LogP contribution in [0, 0.1) is 5.92 Å². The number of carbonyl (C=O) groups excluding carboxylic acids is 1. The minimum Gasteiger partial charge on any atom is -0.423 e. The molecule has 1 aromatic carbocycles. The van der Waals surface area contributed by atoms with Crippen LogP contribution in [0.5, 0.6) is 0 Å². The van der Waals surface area contributed by atoms with Crippen molar-refractivity contribution in [2.75, 3.05) is 10.6 Å². The molecule has 1 fully saturated rings. The van der Waals surface area contributed by atoms with Crippen molar-refractivity contribution in [1.82, 2.24) is 15.5 Å². The third-order valence-corrected chi connectivity index (χ3v) is 3.87. The molecule has 7 nitrogen and oxygen atoms in total. The summed E-state index contributed by atoms with van der Waals surface area (Å²) >= 11 is 0. The molecule has 1 atom stereocenters. The predicted molar refractivity (Wildman–Crippen MR) is 96.5 cm³/mol. The van der Waals surface area contributed by atoms with Gasteiger partial charge in [0.25, 0.3) is 0 Å². The van der Waals surface area contributed by atoms with Gasteiger partial charge in [0.15, 0.2) is 0 Å². The largest absolute Gasteiger partial charge is 0.423 e. The summed E-state index contributed by atoms with van der Waals surface area (Å²) in [6, 6.07) is 7.64. The van der Waals surface area contributed by atoms with E-state index < -0.39 is 0 Å². The average molecular weight is 343 g/mol. The van der Waals surface area contributed by atoms with Crippen LogP contribution in [0.15, 0.2) is 28.7 Å². The molecular weight excluding hydrogens is 318 g/mol. The van der Waals surface area contributed by atoms with Gasteiger partial charge in [0.05, 0.1) is 0 Å². The highest BCUT2D eigenvalue weighted by molar-refractivity contribution is 5.89. The van der Waals surface area contributed by atoms with Crippen LogP contribution in [0.1, 0.15) is 51.4 Å². The number of amides is 2. The van der Waals surface area contributed by atoms with Crippen LogP contribution in [-0.2, 0) is 6.42 Å². The van der Waals surface area contributed by atoms with Gasteiger partial charge in [-0.2, -0.15) is 0 Å². The van der Waals surface area contributed by atoms with Crippen LogP contribution < -0.4 is 16.0 Å². The molecule has 0 spiro atoms. The number of nitrogens with one attached hydrogen (secondary N) is 3. The number of nitrogens with zero attached hydrogens (tertiary/aromatic N) is 2. The van der Waals surface area contributed by atoms with Gasteiger partial charge in [-0.05, 0) is 49.9 Å². The summed E-state index contributed by atoms with van der Waals surface area (Å²) in [5, 5.41) is 17.2. The molecule has 0 aliphatic heterocycles. The average Bonchev–Trinajstić information content (AvgIpc) is 3.24. The lowest BCUT2D eigenvalue weighted by atomic mass is 10.1. The van der Waals surface area contributed by atoms with Crippen molar-refractivity contribution >= 4 is 17.4 Å². The predicted octanol–water partition coefficient (Wildman–Crippen LogP) is 3.73. The summed E-state index contributed by atoms with van der Waals surface area (Å²) in [5.74, 6) is 1.72. The summed E-state index contributed by atoms with van der Waals surface area (Å²) < 4.78 is 5.70. The maximum Gasteiger partial charge on any atom is 0.319 e. The molecule has 2 amide bonds. The van der Waals surface area contributed by atoms with E-state index in [2.05, 4.69) is 40.0 Å². The third kappa shape index (κ3) is 5.20. The Morgan fingerprint density at radius 2 is 1.84 bits per heavy atom. The highest BCUT2D eigenvalue weighted by atomic mass is 16.4. The Balaban J connectivity index is 1.53. The number of hydrogen-bond acceptors (Lipinski definition) is 5. The number of benzene rings is 1. The lowest BCUT2D eigenvalue weighted by Crippen LogP contribution is -2.30. The number of carbonyl (C=O) groups is 1. The van der Waals surface area contributed by atoms with Crippen molar-refractivity contribution in [2.45, 2.75) is 52.1 Å². The fraction of sp³-hybridized carbons (Fsp3) is 0.500. The molecule has 1 aliphatic carbocycles. The van der Waals surface area contributed by atoms with Crippen molar-refractivity contribution in [3.8, 4) is 0 Å². The minimum absolute atomic E-state index is 0.0922. The van der Waals surface area contributed by atoms with Crippen LogP contribution in [-0.4, -0.2) is 22.3 Å². The Labute approximate surface area is 147 Å². The summed E-state index contributed by atoms with van der Waals surface area (Å²) in [4.78, 5) is 11.7. The van der Waals surface area contributed by atoms with Crippen molar-refractivity contribution < 1.29 is 9.21 Å². The summed E-state index contributed by atoms with van der Waals surface area (Å²) in [6.07, 6.45) is 2.93. The van der Waals surface area contributed by atoms with E-state index in [1.165, 1.54) is 0 Å². The molecule has 3 rings (SSSR count). The van der Waals surface area contributed by atoms with Gasteiger partial charge >= 0.3 is 6.03 Å². The Morgan fingerprint density at radius 1 is 1.16 bits per heavy atom. The van der Waals surface area contributed by atoms with E-state index in [1.54, 1.807) is 0 Å². The highest BCUT2D eigenvalue weighted by Gasteiger charge is 2.23. The van der Waals surface area contributed by atoms with E-state index >= 15 is 0 Å². The van der Waals surface area contributed by atoms with Crippen LogP contribution in [0.3, 0.4) is 0 Å². The number of urea groups is 1. The van der Waals surface area contributed by atoms with E-state index in [9.17, 15) is 4.79 Å². The number of hydrogen-bond donors (Lipinski definition) is 3. The number of rotatable bonds is 7. The molecule has 1 saturated carbocycles. The zero-order chi connectivity index (χ0) is 17.8. The first kappa shape index (κ1) is 17.3. The van der Waals surface area contributed by atoms with E-state index in [4.69, 9.17) is 4.42 Å². The molecule has 0 bridgehead atoms. The maximum atomic E-state index is 11.7. The molecule has 7 heteroatoms. The fourth-order valence-corrected chi connectivity index (χ4v) is 2.42. The van der Waals surface area contributed by atoms with Crippen LogP contribution in [0.4, 0.5) is 16.2 Å². The van der Waals surface area contributed by atoms with Crippen molar-refractivity contribution in [1.29, 1.82) is 0 Å². The molecule has 1 unspecified atom stereocenters. The molecule has 1 aromatic heterocycles. The van der Waals surface area contributed by atoms with Gasteiger partial charge in [-0.1, -0.05) is 13.8 Å². The van der Waals surface area contributed by atoms with Crippen LogP contribution >= 0.6 is 0 Å². The first-order valence-corrected chi connectivity index (χ1v) is 8.76. The SMILES string of the molecule is CC(C)Cc1nnc(C(C)Nc2ccc(NC(=O)NC3CC3)cc2)o1. The first-order chi connectivity index (χ1) is 12.0. The third-order valence-electron chi connectivity index (χ3n) is 3.87. The molecule has 0 saturated heterocycles. The Hall–Kier alpha value is -2.57. The van der Waals surface area contributed by atoms with Crippen molar-refractivity contribution in [3.63, 3.8) is 0 Å². The molecule has 1 aliphatic rings. The summed E-state index contributed by atoms with van der Waals surface area (Å²) in [7, 11) is 0. The van der Waals surface area contributed by atoms with E-state index in [0.29, 0.717) is 23.7 Å². The fourth-order valence-electron chi connectivity index (χ4n) is 2.42. The highest BCUT2D eigenvalue weighted by Crippen LogP contribution is 2.21. The van der Waals surface area contributed by atoms with E-state index in [0.717, 1.165) is 30.6 Å². The Bertz CT molecular complexity index is 707. The second-order valence-corrected chi connectivity index (χ2v) is 6.95. The van der Waals surface area contributed by atoms with Gasteiger partial charge in [0.1, 0.15) is 6.04 Å². The molecule has 1 heterocycles. The Kier molecular flexibility index (Phi) is 5.21. The maximum absolute atomic E-state index is 11.7. The minimum atomic E-state index is -0.153. The van der Waals surface area contributed by atoms with Crippen molar-refractivity contribution in [3.05, 3.63) is 36.0 Å². The van der Waals surface area contributed by atoms with E-state index in [1.807, 2.05) is 31.2 Å². The summed E-state index contributed by atoms with van der Waals surface area (Å²) in [6.45, 7) is 6.21. The monoisotopic (exact) mass is 343 g/mol. The van der Waals surface area contributed by atoms with Gasteiger partial charge in [-0.25, -0.2) is 4.79 Å². The number of aromatic nitrogens is 2.